The molecule has 0 spiro atoms. The molecule has 1 aromatic rings. The van der Waals surface area contributed by atoms with E-state index < -0.39 is 23.0 Å². The molecular weight excluding hydrogens is 164 g/mol. The molecule has 0 aliphatic rings. The molecule has 0 heterocycles. The normalized spacial score (nSPS) is 11.6. The van der Waals surface area contributed by atoms with Crippen molar-refractivity contribution in [1.29, 1.82) is 0 Å². The maximum Gasteiger partial charge on any atom is 0.311 e. The van der Waals surface area contributed by atoms with Crippen LogP contribution in [-0.2, 0) is 5.97 Å². The minimum Gasteiger partial charge on any atom is -0.507 e. The summed E-state index contributed by atoms with van der Waals surface area (Å²) < 4.78 is 0. The molecule has 0 saturated carbocycles. The Morgan fingerprint density at radius 3 is 1.58 bits per heavy atom. The summed E-state index contributed by atoms with van der Waals surface area (Å²) in [7, 11) is 0. The first-order valence-electron chi connectivity index (χ1n) is 3.11. The molecule has 1 rings (SSSR count). The molecule has 0 amide bonds. The highest BCUT2D eigenvalue weighted by atomic mass is 16.7. The number of benzene rings is 1. The van der Waals surface area contributed by atoms with Crippen molar-refractivity contribution in [2.24, 2.45) is 0 Å². The third-order valence-electron chi connectivity index (χ3n) is 1.36. The Balaban J connectivity index is 3.31. The van der Waals surface area contributed by atoms with Gasteiger partial charge >= 0.3 is 5.97 Å². The Labute approximate surface area is 67.8 Å². The number of rotatable bonds is 1. The zero-order valence-electron chi connectivity index (χ0n) is 5.97. The van der Waals surface area contributed by atoms with E-state index in [1.165, 1.54) is 6.07 Å². The van der Waals surface area contributed by atoms with Gasteiger partial charge in [-0.15, -0.1) is 0 Å². The predicted molar refractivity (Wildman–Crippen MR) is 38.1 cm³/mol. The standard InChI is InChI=1S/C7H8O5/c8-4-2-1-3-5(9)6(4)7(10,11)12/h1-3,8-12H. The maximum atomic E-state index is 8.99. The number of hydrogen-bond donors (Lipinski definition) is 5. The first-order valence-corrected chi connectivity index (χ1v) is 3.11. The summed E-state index contributed by atoms with van der Waals surface area (Å²) in [5, 5.41) is 43.9. The van der Waals surface area contributed by atoms with Crippen molar-refractivity contribution in [3.05, 3.63) is 23.8 Å². The van der Waals surface area contributed by atoms with Gasteiger partial charge in [-0.2, -0.15) is 0 Å². The maximum absolute atomic E-state index is 8.99. The third kappa shape index (κ3) is 1.48. The van der Waals surface area contributed by atoms with Crippen molar-refractivity contribution in [3.8, 4) is 11.5 Å². The Morgan fingerprint density at radius 2 is 1.33 bits per heavy atom. The van der Waals surface area contributed by atoms with E-state index >= 15 is 0 Å². The van der Waals surface area contributed by atoms with Crippen molar-refractivity contribution < 1.29 is 25.5 Å². The first kappa shape index (κ1) is 8.79. The molecular formula is C7H8O5. The van der Waals surface area contributed by atoms with E-state index in [0.717, 1.165) is 12.1 Å². The molecule has 0 unspecified atom stereocenters. The summed E-state index contributed by atoms with van der Waals surface area (Å²) in [6.45, 7) is 0. The van der Waals surface area contributed by atoms with Crippen molar-refractivity contribution >= 4 is 0 Å². The minimum absolute atomic E-state index is 0.595. The molecule has 1 aromatic carbocycles. The largest absolute Gasteiger partial charge is 0.507 e. The third-order valence-corrected chi connectivity index (χ3v) is 1.36. The van der Waals surface area contributed by atoms with Crippen molar-refractivity contribution in [2.75, 3.05) is 0 Å². The van der Waals surface area contributed by atoms with Crippen LogP contribution in [0.3, 0.4) is 0 Å². The molecule has 5 heteroatoms. The van der Waals surface area contributed by atoms with Gasteiger partial charge in [-0.1, -0.05) is 6.07 Å². The van der Waals surface area contributed by atoms with Crippen LogP contribution in [0.25, 0.3) is 0 Å². The van der Waals surface area contributed by atoms with Gasteiger partial charge in [0, 0.05) is 0 Å². The molecule has 0 atom stereocenters. The highest BCUT2D eigenvalue weighted by Crippen LogP contribution is 2.32. The smallest absolute Gasteiger partial charge is 0.311 e. The number of phenolic OH excluding ortho intramolecular Hbond substituents is 2. The van der Waals surface area contributed by atoms with Gasteiger partial charge < -0.3 is 25.5 Å². The molecule has 12 heavy (non-hydrogen) atoms. The second-order valence-electron chi connectivity index (χ2n) is 2.31. The van der Waals surface area contributed by atoms with Crippen molar-refractivity contribution in [2.45, 2.75) is 5.97 Å². The van der Waals surface area contributed by atoms with Crippen LogP contribution >= 0.6 is 0 Å². The van der Waals surface area contributed by atoms with E-state index in [2.05, 4.69) is 0 Å². The fourth-order valence-corrected chi connectivity index (χ4v) is 0.872. The van der Waals surface area contributed by atoms with Crippen LogP contribution < -0.4 is 0 Å². The quantitative estimate of drug-likeness (QED) is 0.356. The van der Waals surface area contributed by atoms with Crippen molar-refractivity contribution in [1.82, 2.24) is 0 Å². The van der Waals surface area contributed by atoms with E-state index in [-0.39, 0.29) is 0 Å². The molecule has 0 radical (unpaired) electrons. The Morgan fingerprint density at radius 1 is 0.917 bits per heavy atom. The summed E-state index contributed by atoms with van der Waals surface area (Å²) in [5.41, 5.74) is -0.731. The van der Waals surface area contributed by atoms with Crippen molar-refractivity contribution in [3.63, 3.8) is 0 Å². The SMILES string of the molecule is Oc1cccc(O)c1C(O)(O)O. The van der Waals surface area contributed by atoms with Crippen LogP contribution in [-0.4, -0.2) is 25.5 Å². The van der Waals surface area contributed by atoms with Gasteiger partial charge in [-0.05, 0) is 12.1 Å². The topological polar surface area (TPSA) is 101 Å². The Hall–Kier alpha value is -1.30. The summed E-state index contributed by atoms with van der Waals surface area (Å²) in [4.78, 5) is 0. The van der Waals surface area contributed by atoms with Gasteiger partial charge in [0.1, 0.15) is 17.1 Å². The molecule has 0 aromatic heterocycles. The van der Waals surface area contributed by atoms with Crippen LogP contribution in [0.5, 0.6) is 11.5 Å². The summed E-state index contributed by atoms with van der Waals surface area (Å²) >= 11 is 0. The molecule has 5 N–H and O–H groups in total. The average molecular weight is 172 g/mol. The van der Waals surface area contributed by atoms with Crippen LogP contribution in [0.1, 0.15) is 5.56 Å². The molecule has 0 fully saturated rings. The number of hydrogen-bond acceptors (Lipinski definition) is 5. The van der Waals surface area contributed by atoms with Crippen LogP contribution in [0.15, 0.2) is 18.2 Å². The fourth-order valence-electron chi connectivity index (χ4n) is 0.872. The molecule has 0 bridgehead atoms. The van der Waals surface area contributed by atoms with E-state index in [1.807, 2.05) is 0 Å². The Kier molecular flexibility index (Phi) is 1.93. The summed E-state index contributed by atoms with van der Waals surface area (Å²) in [6, 6.07) is 3.50. The summed E-state index contributed by atoms with van der Waals surface area (Å²) in [5.74, 6) is -4.42. The average Bonchev–Trinajstić information content (AvgIpc) is 1.82. The minimum atomic E-state index is -3.23. The van der Waals surface area contributed by atoms with Gasteiger partial charge in [0.2, 0.25) is 0 Å². The number of phenols is 2. The predicted octanol–water partition coefficient (Wildman–Crippen LogP) is -0.815. The lowest BCUT2D eigenvalue weighted by Crippen LogP contribution is -2.23. The fraction of sp³-hybridized carbons (Fsp3) is 0.143. The lowest BCUT2D eigenvalue weighted by atomic mass is 10.1. The zero-order valence-corrected chi connectivity index (χ0v) is 5.97. The highest BCUT2D eigenvalue weighted by Gasteiger charge is 2.29. The molecule has 0 aliphatic heterocycles. The number of aliphatic hydroxyl groups is 3. The van der Waals surface area contributed by atoms with E-state index in [0.29, 0.717) is 0 Å². The second kappa shape index (κ2) is 2.63. The first-order chi connectivity index (χ1) is 5.43. The van der Waals surface area contributed by atoms with Gasteiger partial charge in [-0.25, -0.2) is 0 Å². The van der Waals surface area contributed by atoms with E-state index in [9.17, 15) is 0 Å². The molecule has 0 saturated heterocycles. The zero-order chi connectivity index (χ0) is 9.35. The van der Waals surface area contributed by atoms with Gasteiger partial charge in [0.05, 0.1) is 0 Å². The molecule has 66 valence electrons. The van der Waals surface area contributed by atoms with E-state index in [1.54, 1.807) is 0 Å². The summed E-state index contributed by atoms with van der Waals surface area (Å²) in [6.07, 6.45) is 0. The lowest BCUT2D eigenvalue weighted by molar-refractivity contribution is -0.324. The van der Waals surface area contributed by atoms with E-state index in [4.69, 9.17) is 25.5 Å². The van der Waals surface area contributed by atoms with Crippen LogP contribution in [0, 0.1) is 0 Å². The van der Waals surface area contributed by atoms with Gasteiger partial charge in [0.25, 0.3) is 0 Å². The Bertz CT molecular complexity index is 268. The molecule has 5 nitrogen and oxygen atoms in total. The van der Waals surface area contributed by atoms with Gasteiger partial charge in [0.15, 0.2) is 0 Å². The van der Waals surface area contributed by atoms with Crippen LogP contribution in [0.2, 0.25) is 0 Å². The van der Waals surface area contributed by atoms with Crippen LogP contribution in [0.4, 0.5) is 0 Å². The monoisotopic (exact) mass is 172 g/mol. The molecule has 0 aliphatic carbocycles. The van der Waals surface area contributed by atoms with Gasteiger partial charge in [-0.3, -0.25) is 0 Å². The lowest BCUT2D eigenvalue weighted by Gasteiger charge is -2.16. The number of aromatic hydroxyl groups is 2. The highest BCUT2D eigenvalue weighted by molar-refractivity contribution is 5.44. The second-order valence-corrected chi connectivity index (χ2v) is 2.31.